The molecule has 0 spiro atoms. The van der Waals surface area contributed by atoms with Gasteiger partial charge in [0.05, 0.1) is 12.8 Å². The maximum absolute atomic E-state index is 5.84. The number of benzene rings is 1. The van der Waals surface area contributed by atoms with Gasteiger partial charge in [0.2, 0.25) is 0 Å². The van der Waals surface area contributed by atoms with Crippen LogP contribution in [-0.4, -0.2) is 34.3 Å². The molecule has 0 saturated carbocycles. The molecule has 0 atom stereocenters. The van der Waals surface area contributed by atoms with E-state index in [1.807, 2.05) is 18.2 Å². The average molecular weight is 248 g/mol. The summed E-state index contributed by atoms with van der Waals surface area (Å²) < 4.78 is 5.11. The van der Waals surface area contributed by atoms with Crippen molar-refractivity contribution in [2.45, 2.75) is 12.8 Å². The minimum atomic E-state index is 0.518. The van der Waals surface area contributed by atoms with Crippen LogP contribution in [0, 0.1) is 0 Å². The highest BCUT2D eigenvalue weighted by Gasteiger charge is 2.01. The average Bonchev–Trinajstić information content (AvgIpc) is 2.88. The molecule has 0 fully saturated rings. The summed E-state index contributed by atoms with van der Waals surface area (Å²) in [6.07, 6.45) is 1.89. The van der Waals surface area contributed by atoms with Crippen LogP contribution in [0.25, 0.3) is 0 Å². The second kappa shape index (κ2) is 5.85. The Hall–Kier alpha value is -2.31. The first-order valence-electron chi connectivity index (χ1n) is 5.69. The number of aryl methyl sites for hydroxylation is 1. The first-order valence-corrected chi connectivity index (χ1v) is 5.69. The number of ether oxygens (including phenoxy) is 1. The fourth-order valence-corrected chi connectivity index (χ4v) is 1.67. The normalized spacial score (nSPS) is 10.3. The Kier molecular flexibility index (Phi) is 3.95. The first kappa shape index (κ1) is 12.2. The summed E-state index contributed by atoms with van der Waals surface area (Å²) in [4.78, 5) is 0. The highest BCUT2D eigenvalue weighted by Crippen LogP contribution is 2.22. The monoisotopic (exact) mass is 248 g/mol. The van der Waals surface area contributed by atoms with Gasteiger partial charge in [0.25, 0.3) is 5.95 Å². The van der Waals surface area contributed by atoms with Crippen molar-refractivity contribution in [2.75, 3.05) is 24.7 Å². The summed E-state index contributed by atoms with van der Waals surface area (Å²) in [5, 5.41) is 16.5. The van der Waals surface area contributed by atoms with Crippen molar-refractivity contribution >= 4 is 11.6 Å². The van der Waals surface area contributed by atoms with Gasteiger partial charge in [0.15, 0.2) is 0 Å². The van der Waals surface area contributed by atoms with Gasteiger partial charge in [0, 0.05) is 6.54 Å². The molecule has 0 aliphatic carbocycles. The van der Waals surface area contributed by atoms with Gasteiger partial charge in [-0.15, -0.1) is 5.10 Å². The SMILES string of the molecule is COc1ccc(CCCNc2nn[nH]n2)cc1N. The number of hydrogen-bond acceptors (Lipinski definition) is 6. The minimum absolute atomic E-state index is 0.518. The minimum Gasteiger partial charge on any atom is -0.495 e. The summed E-state index contributed by atoms with van der Waals surface area (Å²) >= 11 is 0. The highest BCUT2D eigenvalue weighted by molar-refractivity contribution is 5.54. The van der Waals surface area contributed by atoms with E-state index < -0.39 is 0 Å². The van der Waals surface area contributed by atoms with E-state index in [9.17, 15) is 0 Å². The van der Waals surface area contributed by atoms with Crippen LogP contribution < -0.4 is 15.8 Å². The molecule has 0 aliphatic rings. The molecule has 0 unspecified atom stereocenters. The number of rotatable bonds is 6. The Labute approximate surface area is 105 Å². The molecule has 2 rings (SSSR count). The van der Waals surface area contributed by atoms with E-state index >= 15 is 0 Å². The number of methoxy groups -OCH3 is 1. The molecule has 4 N–H and O–H groups in total. The van der Waals surface area contributed by atoms with Crippen LogP contribution in [0.1, 0.15) is 12.0 Å². The number of nitrogens with two attached hydrogens (primary N) is 1. The summed E-state index contributed by atoms with van der Waals surface area (Å²) in [7, 11) is 1.61. The van der Waals surface area contributed by atoms with Crippen LogP contribution in [0.15, 0.2) is 18.2 Å². The highest BCUT2D eigenvalue weighted by atomic mass is 16.5. The van der Waals surface area contributed by atoms with Crippen LogP contribution in [0.2, 0.25) is 0 Å². The van der Waals surface area contributed by atoms with Crippen molar-refractivity contribution < 1.29 is 4.74 Å². The molecule has 0 saturated heterocycles. The lowest BCUT2D eigenvalue weighted by Gasteiger charge is -2.07. The van der Waals surface area contributed by atoms with Crippen molar-refractivity contribution in [3.05, 3.63) is 23.8 Å². The van der Waals surface area contributed by atoms with Crippen molar-refractivity contribution in [3.63, 3.8) is 0 Å². The van der Waals surface area contributed by atoms with Crippen molar-refractivity contribution in [1.82, 2.24) is 20.6 Å². The summed E-state index contributed by atoms with van der Waals surface area (Å²) in [5.41, 5.74) is 7.69. The van der Waals surface area contributed by atoms with E-state index in [0.29, 0.717) is 17.4 Å². The smallest absolute Gasteiger partial charge is 0.263 e. The molecule has 7 nitrogen and oxygen atoms in total. The van der Waals surface area contributed by atoms with E-state index in [-0.39, 0.29) is 0 Å². The summed E-state index contributed by atoms with van der Waals surface area (Å²) in [5.74, 6) is 1.23. The number of nitrogens with zero attached hydrogens (tertiary/aromatic N) is 3. The van der Waals surface area contributed by atoms with E-state index in [0.717, 1.165) is 19.4 Å². The van der Waals surface area contributed by atoms with Crippen LogP contribution in [0.5, 0.6) is 5.75 Å². The number of nitrogen functional groups attached to an aromatic ring is 1. The largest absolute Gasteiger partial charge is 0.495 e. The molecule has 1 aromatic heterocycles. The standard InChI is InChI=1S/C11H16N6O/c1-18-10-5-4-8(7-9(10)12)3-2-6-13-11-14-16-17-15-11/h4-5,7H,2-3,6,12H2,1H3,(H2,13,14,15,16,17). The van der Waals surface area contributed by atoms with E-state index in [4.69, 9.17) is 10.5 Å². The lowest BCUT2D eigenvalue weighted by atomic mass is 10.1. The Morgan fingerprint density at radius 3 is 3.00 bits per heavy atom. The topological polar surface area (TPSA) is 102 Å². The summed E-state index contributed by atoms with van der Waals surface area (Å²) in [6.45, 7) is 0.783. The van der Waals surface area contributed by atoms with Gasteiger partial charge >= 0.3 is 0 Å². The number of hydrogen-bond donors (Lipinski definition) is 3. The van der Waals surface area contributed by atoms with Crippen molar-refractivity contribution in [1.29, 1.82) is 0 Å². The van der Waals surface area contributed by atoms with E-state index in [2.05, 4.69) is 25.9 Å². The number of H-pyrrole nitrogens is 1. The molecule has 96 valence electrons. The molecular formula is C11H16N6O. The third kappa shape index (κ3) is 3.09. The molecular weight excluding hydrogens is 232 g/mol. The Bertz CT molecular complexity index is 484. The van der Waals surface area contributed by atoms with Gasteiger partial charge in [-0.3, -0.25) is 0 Å². The Morgan fingerprint density at radius 1 is 1.44 bits per heavy atom. The number of aromatic amines is 1. The third-order valence-corrected chi connectivity index (χ3v) is 2.56. The zero-order chi connectivity index (χ0) is 12.8. The van der Waals surface area contributed by atoms with Crippen LogP contribution in [-0.2, 0) is 6.42 Å². The number of nitrogens with one attached hydrogen (secondary N) is 2. The zero-order valence-electron chi connectivity index (χ0n) is 10.2. The molecule has 0 bridgehead atoms. The lowest BCUT2D eigenvalue weighted by Crippen LogP contribution is -2.04. The van der Waals surface area contributed by atoms with Gasteiger partial charge in [0.1, 0.15) is 5.75 Å². The van der Waals surface area contributed by atoms with Gasteiger partial charge < -0.3 is 15.8 Å². The van der Waals surface area contributed by atoms with Crippen LogP contribution in [0.3, 0.4) is 0 Å². The van der Waals surface area contributed by atoms with Crippen LogP contribution >= 0.6 is 0 Å². The Morgan fingerprint density at radius 2 is 2.33 bits per heavy atom. The molecule has 2 aromatic rings. The number of aromatic nitrogens is 4. The predicted octanol–water partition coefficient (Wildman–Crippen LogP) is 0.835. The lowest BCUT2D eigenvalue weighted by molar-refractivity contribution is 0.417. The second-order valence-electron chi connectivity index (χ2n) is 3.84. The molecule has 0 aliphatic heterocycles. The summed E-state index contributed by atoms with van der Waals surface area (Å²) in [6, 6.07) is 5.84. The zero-order valence-corrected chi connectivity index (χ0v) is 10.2. The first-order chi connectivity index (χ1) is 8.79. The van der Waals surface area contributed by atoms with E-state index in [1.54, 1.807) is 7.11 Å². The van der Waals surface area contributed by atoms with Crippen molar-refractivity contribution in [3.8, 4) is 5.75 Å². The number of tetrazole rings is 1. The maximum Gasteiger partial charge on any atom is 0.263 e. The second-order valence-corrected chi connectivity index (χ2v) is 3.84. The quantitative estimate of drug-likeness (QED) is 0.517. The van der Waals surface area contributed by atoms with Gasteiger partial charge in [-0.2, -0.15) is 5.21 Å². The van der Waals surface area contributed by atoms with Crippen LogP contribution in [0.4, 0.5) is 11.6 Å². The maximum atomic E-state index is 5.84. The van der Waals surface area contributed by atoms with E-state index in [1.165, 1.54) is 5.56 Å². The van der Waals surface area contributed by atoms with Crippen molar-refractivity contribution in [2.24, 2.45) is 0 Å². The molecule has 1 aromatic carbocycles. The number of anilines is 2. The van der Waals surface area contributed by atoms with Gasteiger partial charge in [-0.05, 0) is 35.8 Å². The molecule has 0 radical (unpaired) electrons. The third-order valence-electron chi connectivity index (χ3n) is 2.56. The molecule has 18 heavy (non-hydrogen) atoms. The van der Waals surface area contributed by atoms with Gasteiger partial charge in [-0.25, -0.2) is 0 Å². The predicted molar refractivity (Wildman–Crippen MR) is 68.4 cm³/mol. The fourth-order valence-electron chi connectivity index (χ4n) is 1.67. The Balaban J connectivity index is 1.78. The van der Waals surface area contributed by atoms with Gasteiger partial charge in [-0.1, -0.05) is 11.2 Å². The fraction of sp³-hybridized carbons (Fsp3) is 0.364. The molecule has 1 heterocycles. The molecule has 7 heteroatoms. The molecule has 0 amide bonds.